The van der Waals surface area contributed by atoms with Crippen LogP contribution in [0.2, 0.25) is 0 Å². The van der Waals surface area contributed by atoms with Gasteiger partial charge in [-0.2, -0.15) is 0 Å². The van der Waals surface area contributed by atoms with E-state index in [9.17, 15) is 5.11 Å². The van der Waals surface area contributed by atoms with E-state index in [0.717, 1.165) is 42.4 Å². The first-order chi connectivity index (χ1) is 13.3. The lowest BCUT2D eigenvalue weighted by Gasteiger charge is -2.58. The molecular weight excluding hydrogens is 340 g/mol. The number of aliphatic hydroxyl groups excluding tert-OH is 1. The SMILES string of the molecule is CC(C)=CCC[C@@H](C)[C@H]1CC[C@@H]2[C@H]3CC=C4C[C@@H](O)CC[C@]4(C)[C@@H]3CC[C@@]21C. The fourth-order valence-electron chi connectivity index (χ4n) is 8.45. The molecule has 0 saturated heterocycles. The molecule has 3 fully saturated rings. The van der Waals surface area contributed by atoms with Crippen molar-refractivity contribution in [3.05, 3.63) is 23.3 Å². The third-order valence-corrected chi connectivity index (χ3v) is 10.0. The van der Waals surface area contributed by atoms with Crippen molar-refractivity contribution in [3.63, 3.8) is 0 Å². The molecule has 0 aliphatic heterocycles. The smallest absolute Gasteiger partial charge is 0.0577 e. The molecule has 0 aromatic carbocycles. The van der Waals surface area contributed by atoms with Gasteiger partial charge in [0, 0.05) is 0 Å². The molecule has 0 radical (unpaired) electrons. The van der Waals surface area contributed by atoms with Crippen LogP contribution >= 0.6 is 0 Å². The van der Waals surface area contributed by atoms with Crippen LogP contribution in [0.15, 0.2) is 23.3 Å². The Hall–Kier alpha value is -0.560. The van der Waals surface area contributed by atoms with Gasteiger partial charge in [0.1, 0.15) is 0 Å². The van der Waals surface area contributed by atoms with Gasteiger partial charge in [0.2, 0.25) is 0 Å². The Bertz CT molecular complexity index is 641. The van der Waals surface area contributed by atoms with Gasteiger partial charge in [-0.15, -0.1) is 0 Å². The molecule has 4 aliphatic carbocycles. The van der Waals surface area contributed by atoms with E-state index in [1.54, 1.807) is 5.57 Å². The van der Waals surface area contributed by atoms with Crippen LogP contribution in [-0.4, -0.2) is 11.2 Å². The molecule has 4 rings (SSSR count). The number of aliphatic hydroxyl groups is 1. The molecule has 1 N–H and O–H groups in total. The van der Waals surface area contributed by atoms with Gasteiger partial charge in [-0.25, -0.2) is 0 Å². The number of rotatable bonds is 4. The molecule has 0 spiro atoms. The minimum Gasteiger partial charge on any atom is -0.393 e. The van der Waals surface area contributed by atoms with Gasteiger partial charge in [0.05, 0.1) is 6.10 Å². The van der Waals surface area contributed by atoms with Crippen molar-refractivity contribution in [1.82, 2.24) is 0 Å². The first-order valence-corrected chi connectivity index (χ1v) is 12.3. The highest BCUT2D eigenvalue weighted by Crippen LogP contribution is 2.67. The Morgan fingerprint density at radius 1 is 1.14 bits per heavy atom. The fraction of sp³-hybridized carbons (Fsp3) is 0.852. The molecule has 0 amide bonds. The maximum atomic E-state index is 10.2. The number of fused-ring (bicyclic) bond motifs is 5. The zero-order valence-corrected chi connectivity index (χ0v) is 19.1. The Balaban J connectivity index is 1.51. The molecule has 1 heteroatoms. The van der Waals surface area contributed by atoms with Crippen molar-refractivity contribution < 1.29 is 5.11 Å². The van der Waals surface area contributed by atoms with Crippen molar-refractivity contribution >= 4 is 0 Å². The maximum absolute atomic E-state index is 10.2. The lowest BCUT2D eigenvalue weighted by Crippen LogP contribution is -2.50. The molecule has 158 valence electrons. The van der Waals surface area contributed by atoms with Crippen LogP contribution < -0.4 is 0 Å². The molecule has 28 heavy (non-hydrogen) atoms. The van der Waals surface area contributed by atoms with Crippen LogP contribution in [0, 0.1) is 40.4 Å². The van der Waals surface area contributed by atoms with Crippen LogP contribution in [0.4, 0.5) is 0 Å². The summed E-state index contributed by atoms with van der Waals surface area (Å²) in [6.45, 7) is 12.2. The summed E-state index contributed by atoms with van der Waals surface area (Å²) in [7, 11) is 0. The number of allylic oxidation sites excluding steroid dienone is 3. The van der Waals surface area contributed by atoms with Crippen LogP contribution in [0.3, 0.4) is 0 Å². The maximum Gasteiger partial charge on any atom is 0.0577 e. The molecule has 0 unspecified atom stereocenters. The lowest BCUT2D eigenvalue weighted by atomic mass is 9.47. The topological polar surface area (TPSA) is 20.2 Å². The lowest BCUT2D eigenvalue weighted by molar-refractivity contribution is -0.0571. The molecule has 3 saturated carbocycles. The summed E-state index contributed by atoms with van der Waals surface area (Å²) < 4.78 is 0. The van der Waals surface area contributed by atoms with Gasteiger partial charge in [-0.3, -0.25) is 0 Å². The van der Waals surface area contributed by atoms with Crippen LogP contribution in [0.25, 0.3) is 0 Å². The number of hydrogen-bond acceptors (Lipinski definition) is 1. The summed E-state index contributed by atoms with van der Waals surface area (Å²) in [5, 5.41) is 10.2. The fourth-order valence-corrected chi connectivity index (χ4v) is 8.45. The van der Waals surface area contributed by atoms with E-state index in [-0.39, 0.29) is 6.10 Å². The van der Waals surface area contributed by atoms with Crippen LogP contribution in [0.5, 0.6) is 0 Å². The first-order valence-electron chi connectivity index (χ1n) is 12.3. The quantitative estimate of drug-likeness (QED) is 0.504. The van der Waals surface area contributed by atoms with Crippen LogP contribution in [0.1, 0.15) is 98.8 Å². The van der Waals surface area contributed by atoms with E-state index in [1.165, 1.54) is 56.9 Å². The number of hydrogen-bond donors (Lipinski definition) is 1. The van der Waals surface area contributed by atoms with Gasteiger partial charge in [0.15, 0.2) is 0 Å². The Morgan fingerprint density at radius 2 is 1.93 bits per heavy atom. The average Bonchev–Trinajstić information content (AvgIpc) is 2.99. The minimum atomic E-state index is -0.0813. The van der Waals surface area contributed by atoms with E-state index in [0.29, 0.717) is 10.8 Å². The second-order valence-electron chi connectivity index (χ2n) is 11.7. The summed E-state index contributed by atoms with van der Waals surface area (Å²) >= 11 is 0. The standard InChI is InChI=1S/C27H44O/c1-18(2)7-6-8-19(3)23-11-12-24-22-10-9-20-17-21(28)13-15-26(20,4)25(22)14-16-27(23,24)5/h7,9,19,21-25,28H,6,8,10-17H2,1-5H3/t19-,21+,22-,23-,24-,25-,26+,27-/m1/s1. The Morgan fingerprint density at radius 3 is 2.68 bits per heavy atom. The molecule has 1 nitrogen and oxygen atoms in total. The zero-order valence-electron chi connectivity index (χ0n) is 19.1. The van der Waals surface area contributed by atoms with E-state index in [4.69, 9.17) is 0 Å². The highest BCUT2D eigenvalue weighted by atomic mass is 16.3. The summed E-state index contributed by atoms with van der Waals surface area (Å²) in [5.41, 5.74) is 4.04. The molecule has 8 atom stereocenters. The summed E-state index contributed by atoms with van der Waals surface area (Å²) in [4.78, 5) is 0. The van der Waals surface area contributed by atoms with E-state index in [2.05, 4.69) is 46.8 Å². The highest BCUT2D eigenvalue weighted by molar-refractivity contribution is 5.25. The van der Waals surface area contributed by atoms with E-state index in [1.807, 2.05) is 0 Å². The molecule has 0 aromatic rings. The van der Waals surface area contributed by atoms with Crippen molar-refractivity contribution in [2.45, 2.75) is 105 Å². The molecule has 4 aliphatic rings. The van der Waals surface area contributed by atoms with Crippen molar-refractivity contribution in [1.29, 1.82) is 0 Å². The van der Waals surface area contributed by atoms with Crippen molar-refractivity contribution in [2.24, 2.45) is 40.4 Å². The summed E-state index contributed by atoms with van der Waals surface area (Å²) in [6.07, 6.45) is 17.9. The van der Waals surface area contributed by atoms with Crippen molar-refractivity contribution in [3.8, 4) is 0 Å². The van der Waals surface area contributed by atoms with Gasteiger partial charge in [-0.1, -0.05) is 44.1 Å². The molecule has 0 bridgehead atoms. The van der Waals surface area contributed by atoms with E-state index >= 15 is 0 Å². The largest absolute Gasteiger partial charge is 0.393 e. The average molecular weight is 385 g/mol. The highest BCUT2D eigenvalue weighted by Gasteiger charge is 2.58. The predicted molar refractivity (Wildman–Crippen MR) is 119 cm³/mol. The first kappa shape index (κ1) is 20.7. The second kappa shape index (κ2) is 7.60. The van der Waals surface area contributed by atoms with Gasteiger partial charge >= 0.3 is 0 Å². The van der Waals surface area contributed by atoms with Crippen LogP contribution in [-0.2, 0) is 0 Å². The van der Waals surface area contributed by atoms with Crippen molar-refractivity contribution in [2.75, 3.05) is 0 Å². The Labute approximate surface area is 174 Å². The monoisotopic (exact) mass is 384 g/mol. The Kier molecular flexibility index (Phi) is 5.62. The predicted octanol–water partition coefficient (Wildman–Crippen LogP) is 7.31. The zero-order chi connectivity index (χ0) is 20.1. The normalized spacial score (nSPS) is 46.1. The molecular formula is C27H44O. The third kappa shape index (κ3) is 3.34. The van der Waals surface area contributed by atoms with Gasteiger partial charge in [0.25, 0.3) is 0 Å². The van der Waals surface area contributed by atoms with E-state index < -0.39 is 0 Å². The second-order valence-corrected chi connectivity index (χ2v) is 11.7. The third-order valence-electron chi connectivity index (χ3n) is 10.0. The van der Waals surface area contributed by atoms with Gasteiger partial charge in [-0.05, 0) is 118 Å². The van der Waals surface area contributed by atoms with Gasteiger partial charge < -0.3 is 5.11 Å². The minimum absolute atomic E-state index is 0.0813. The molecule has 0 heterocycles. The summed E-state index contributed by atoms with van der Waals surface area (Å²) in [5.74, 6) is 4.49. The summed E-state index contributed by atoms with van der Waals surface area (Å²) in [6, 6.07) is 0. The molecule has 0 aromatic heterocycles.